The van der Waals surface area contributed by atoms with Crippen molar-refractivity contribution in [3.8, 4) is 0 Å². The van der Waals surface area contributed by atoms with Crippen molar-refractivity contribution >= 4 is 23.3 Å². The average molecular weight is 302 g/mol. The third-order valence-corrected chi connectivity index (χ3v) is 4.06. The lowest BCUT2D eigenvalue weighted by atomic mass is 10.1. The summed E-state index contributed by atoms with van der Waals surface area (Å²) in [6.07, 6.45) is 3.47. The number of nitrogens with two attached hydrogens (primary N) is 1. The third-order valence-electron chi connectivity index (χ3n) is 3.75. The second-order valence-electron chi connectivity index (χ2n) is 5.27. The van der Waals surface area contributed by atoms with Crippen molar-refractivity contribution in [2.75, 3.05) is 5.73 Å². The van der Waals surface area contributed by atoms with E-state index in [1.807, 2.05) is 6.07 Å². The highest BCUT2D eigenvalue weighted by Gasteiger charge is 2.14. The summed E-state index contributed by atoms with van der Waals surface area (Å²) >= 11 is 6.00. The number of halogens is 1. The molecule has 0 aliphatic heterocycles. The van der Waals surface area contributed by atoms with E-state index in [4.69, 9.17) is 22.1 Å². The van der Waals surface area contributed by atoms with Gasteiger partial charge < -0.3 is 10.5 Å². The smallest absolute Gasteiger partial charge is 0.339 e. The molecule has 2 aromatic rings. The van der Waals surface area contributed by atoms with Crippen LogP contribution in [0.15, 0.2) is 36.4 Å². The molecule has 2 aromatic carbocycles. The van der Waals surface area contributed by atoms with Crippen LogP contribution in [-0.4, -0.2) is 5.97 Å². The highest BCUT2D eigenvalue weighted by Crippen LogP contribution is 2.24. The van der Waals surface area contributed by atoms with E-state index in [-0.39, 0.29) is 6.61 Å². The van der Waals surface area contributed by atoms with Crippen LogP contribution in [0.2, 0.25) is 5.02 Å². The van der Waals surface area contributed by atoms with Gasteiger partial charge in [-0.1, -0.05) is 29.8 Å². The standard InChI is InChI=1S/C17H16ClNO2/c18-16-9-14(19)6-7-15(16)17(20)21-10-11-4-5-12-2-1-3-13(12)8-11/h4-9H,1-3,10,19H2. The summed E-state index contributed by atoms with van der Waals surface area (Å²) in [7, 11) is 0. The van der Waals surface area contributed by atoms with E-state index in [1.54, 1.807) is 18.2 Å². The Kier molecular flexibility index (Phi) is 3.84. The molecular weight excluding hydrogens is 286 g/mol. The van der Waals surface area contributed by atoms with E-state index in [9.17, 15) is 4.79 Å². The fraction of sp³-hybridized carbons (Fsp3) is 0.235. The number of hydrogen-bond acceptors (Lipinski definition) is 3. The second-order valence-corrected chi connectivity index (χ2v) is 5.68. The van der Waals surface area contributed by atoms with Gasteiger partial charge in [-0.2, -0.15) is 0 Å². The predicted molar refractivity (Wildman–Crippen MR) is 83.5 cm³/mol. The minimum absolute atomic E-state index is 0.257. The molecule has 0 amide bonds. The second kappa shape index (κ2) is 5.78. The largest absolute Gasteiger partial charge is 0.457 e. The van der Waals surface area contributed by atoms with E-state index in [1.165, 1.54) is 17.5 Å². The average Bonchev–Trinajstić information content (AvgIpc) is 2.92. The molecule has 0 atom stereocenters. The third kappa shape index (κ3) is 3.03. The minimum Gasteiger partial charge on any atom is -0.457 e. The number of aryl methyl sites for hydroxylation is 2. The fourth-order valence-corrected chi connectivity index (χ4v) is 2.90. The van der Waals surface area contributed by atoms with Crippen LogP contribution in [0.3, 0.4) is 0 Å². The molecule has 0 heterocycles. The molecule has 0 spiro atoms. The van der Waals surface area contributed by atoms with Crippen LogP contribution in [0, 0.1) is 0 Å². The van der Waals surface area contributed by atoms with Crippen molar-refractivity contribution in [3.05, 3.63) is 63.7 Å². The van der Waals surface area contributed by atoms with E-state index < -0.39 is 5.97 Å². The Morgan fingerprint density at radius 3 is 2.76 bits per heavy atom. The SMILES string of the molecule is Nc1ccc(C(=O)OCc2ccc3c(c2)CCC3)c(Cl)c1. The van der Waals surface area contributed by atoms with Gasteiger partial charge in [-0.25, -0.2) is 4.79 Å². The molecule has 0 bridgehead atoms. The van der Waals surface area contributed by atoms with Gasteiger partial charge >= 0.3 is 5.97 Å². The predicted octanol–water partition coefficient (Wildman–Crippen LogP) is 3.77. The number of carbonyl (C=O) groups excluding carboxylic acids is 1. The van der Waals surface area contributed by atoms with Crippen LogP contribution >= 0.6 is 11.6 Å². The van der Waals surface area contributed by atoms with Crippen molar-refractivity contribution in [2.45, 2.75) is 25.9 Å². The number of nitrogen functional groups attached to an aromatic ring is 1. The summed E-state index contributed by atoms with van der Waals surface area (Å²) in [5, 5.41) is 0.314. The molecule has 2 N–H and O–H groups in total. The molecule has 4 heteroatoms. The van der Waals surface area contributed by atoms with Crippen molar-refractivity contribution in [1.29, 1.82) is 0 Å². The lowest BCUT2D eigenvalue weighted by Gasteiger charge is -2.08. The van der Waals surface area contributed by atoms with Gasteiger partial charge in [-0.05, 0) is 54.2 Å². The van der Waals surface area contributed by atoms with E-state index >= 15 is 0 Å². The first-order chi connectivity index (χ1) is 10.1. The molecule has 0 saturated heterocycles. The summed E-state index contributed by atoms with van der Waals surface area (Å²) in [6, 6.07) is 11.0. The van der Waals surface area contributed by atoms with Gasteiger partial charge in [-0.3, -0.25) is 0 Å². The van der Waals surface area contributed by atoms with Crippen LogP contribution in [-0.2, 0) is 24.2 Å². The molecule has 108 valence electrons. The lowest BCUT2D eigenvalue weighted by Crippen LogP contribution is -2.06. The van der Waals surface area contributed by atoms with Crippen molar-refractivity contribution in [2.24, 2.45) is 0 Å². The molecule has 3 rings (SSSR count). The Balaban J connectivity index is 1.68. The Bertz CT molecular complexity index is 697. The van der Waals surface area contributed by atoms with Gasteiger partial charge in [0.05, 0.1) is 10.6 Å². The number of carbonyl (C=O) groups is 1. The molecule has 3 nitrogen and oxygen atoms in total. The zero-order valence-corrected chi connectivity index (χ0v) is 12.3. The molecular formula is C17H16ClNO2. The van der Waals surface area contributed by atoms with Crippen molar-refractivity contribution < 1.29 is 9.53 Å². The van der Waals surface area contributed by atoms with Crippen molar-refractivity contribution in [3.63, 3.8) is 0 Å². The van der Waals surface area contributed by atoms with Gasteiger partial charge in [0.2, 0.25) is 0 Å². The zero-order chi connectivity index (χ0) is 14.8. The first kappa shape index (κ1) is 14.0. The Labute approximate surface area is 128 Å². The number of fused-ring (bicyclic) bond motifs is 1. The highest BCUT2D eigenvalue weighted by molar-refractivity contribution is 6.33. The maximum Gasteiger partial charge on any atom is 0.339 e. The van der Waals surface area contributed by atoms with E-state index in [0.29, 0.717) is 16.3 Å². The van der Waals surface area contributed by atoms with Crippen LogP contribution in [0.25, 0.3) is 0 Å². The monoisotopic (exact) mass is 301 g/mol. The summed E-state index contributed by atoms with van der Waals surface area (Å²) in [5.41, 5.74) is 10.3. The van der Waals surface area contributed by atoms with E-state index in [2.05, 4.69) is 12.1 Å². The molecule has 1 aliphatic carbocycles. The first-order valence-electron chi connectivity index (χ1n) is 6.96. The molecule has 0 radical (unpaired) electrons. The van der Waals surface area contributed by atoms with Crippen LogP contribution < -0.4 is 5.73 Å². The van der Waals surface area contributed by atoms with Gasteiger partial charge in [0, 0.05) is 5.69 Å². The number of esters is 1. The molecule has 0 saturated carbocycles. The van der Waals surface area contributed by atoms with Gasteiger partial charge in [-0.15, -0.1) is 0 Å². The Hall–Kier alpha value is -2.00. The maximum absolute atomic E-state index is 12.0. The number of anilines is 1. The topological polar surface area (TPSA) is 52.3 Å². The molecule has 0 unspecified atom stereocenters. The lowest BCUT2D eigenvalue weighted by molar-refractivity contribution is 0.0473. The summed E-state index contributed by atoms with van der Waals surface area (Å²) in [6.45, 7) is 0.257. The first-order valence-corrected chi connectivity index (χ1v) is 7.34. The summed E-state index contributed by atoms with van der Waals surface area (Å²) in [4.78, 5) is 12.0. The van der Waals surface area contributed by atoms with Crippen LogP contribution in [0.5, 0.6) is 0 Å². The van der Waals surface area contributed by atoms with Gasteiger partial charge in [0.25, 0.3) is 0 Å². The molecule has 21 heavy (non-hydrogen) atoms. The molecule has 1 aliphatic rings. The quantitative estimate of drug-likeness (QED) is 0.693. The maximum atomic E-state index is 12.0. The van der Waals surface area contributed by atoms with Gasteiger partial charge in [0.1, 0.15) is 6.61 Å². The van der Waals surface area contributed by atoms with Crippen LogP contribution in [0.4, 0.5) is 5.69 Å². The normalized spacial score (nSPS) is 13.0. The summed E-state index contributed by atoms with van der Waals surface area (Å²) in [5.74, 6) is -0.430. The number of rotatable bonds is 3. The molecule has 0 aromatic heterocycles. The van der Waals surface area contributed by atoms with E-state index in [0.717, 1.165) is 18.4 Å². The van der Waals surface area contributed by atoms with Crippen molar-refractivity contribution in [1.82, 2.24) is 0 Å². The van der Waals surface area contributed by atoms with Crippen LogP contribution in [0.1, 0.15) is 33.5 Å². The Morgan fingerprint density at radius 2 is 1.95 bits per heavy atom. The Morgan fingerprint density at radius 1 is 1.14 bits per heavy atom. The fourth-order valence-electron chi connectivity index (χ4n) is 2.64. The summed E-state index contributed by atoms with van der Waals surface area (Å²) < 4.78 is 5.33. The highest BCUT2D eigenvalue weighted by atomic mass is 35.5. The number of hydrogen-bond donors (Lipinski definition) is 1. The zero-order valence-electron chi connectivity index (χ0n) is 11.6. The van der Waals surface area contributed by atoms with Gasteiger partial charge in [0.15, 0.2) is 0 Å². The minimum atomic E-state index is -0.430. The number of benzene rings is 2. The number of ether oxygens (including phenoxy) is 1. The molecule has 0 fully saturated rings.